The van der Waals surface area contributed by atoms with Crippen LogP contribution in [0.4, 0.5) is 0 Å². The van der Waals surface area contributed by atoms with Crippen molar-refractivity contribution in [3.63, 3.8) is 0 Å². The molecule has 2 rings (SSSR count). The van der Waals surface area contributed by atoms with Gasteiger partial charge in [0.2, 0.25) is 0 Å². The molecule has 0 spiro atoms. The van der Waals surface area contributed by atoms with E-state index in [4.69, 9.17) is 0 Å². The summed E-state index contributed by atoms with van der Waals surface area (Å²) in [5.41, 5.74) is 3.81. The van der Waals surface area contributed by atoms with Crippen LogP contribution in [0, 0.1) is 0 Å². The Morgan fingerprint density at radius 3 is 2.65 bits per heavy atom. The van der Waals surface area contributed by atoms with E-state index >= 15 is 0 Å². The first kappa shape index (κ1) is 15.5. The lowest BCUT2D eigenvalue weighted by Crippen LogP contribution is -2.38. The summed E-state index contributed by atoms with van der Waals surface area (Å²) in [6.45, 7) is 6.87. The highest BCUT2D eigenvalue weighted by Gasteiger charge is 2.20. The van der Waals surface area contributed by atoms with Crippen LogP contribution < -0.4 is 5.32 Å². The normalized spacial score (nSPS) is 19.2. The first-order valence-corrected chi connectivity index (χ1v) is 8.09. The average molecular weight is 275 g/mol. The van der Waals surface area contributed by atoms with Gasteiger partial charge in [0, 0.05) is 12.6 Å². The molecule has 0 fully saturated rings. The van der Waals surface area contributed by atoms with Crippen molar-refractivity contribution in [2.24, 2.45) is 0 Å². The SMILES string of the molecule is CCCC(C)(O)CNC(C)c1ccc2c(c1)CCCC2. The smallest absolute Gasteiger partial charge is 0.0743 e. The summed E-state index contributed by atoms with van der Waals surface area (Å²) in [5, 5.41) is 13.7. The van der Waals surface area contributed by atoms with Crippen molar-refractivity contribution < 1.29 is 5.11 Å². The van der Waals surface area contributed by atoms with E-state index in [-0.39, 0.29) is 0 Å². The minimum Gasteiger partial charge on any atom is -0.389 e. The van der Waals surface area contributed by atoms with Gasteiger partial charge in [0.05, 0.1) is 5.60 Å². The lowest BCUT2D eigenvalue weighted by atomic mass is 9.89. The Balaban J connectivity index is 1.97. The highest BCUT2D eigenvalue weighted by atomic mass is 16.3. The molecule has 2 heteroatoms. The van der Waals surface area contributed by atoms with E-state index in [9.17, 15) is 5.11 Å². The molecule has 0 aliphatic heterocycles. The fraction of sp³-hybridized carbons (Fsp3) is 0.667. The molecular weight excluding hydrogens is 246 g/mol. The van der Waals surface area contributed by atoms with Crippen LogP contribution in [0.1, 0.15) is 69.2 Å². The van der Waals surface area contributed by atoms with Gasteiger partial charge < -0.3 is 10.4 Å². The summed E-state index contributed by atoms with van der Waals surface area (Å²) in [6.07, 6.45) is 6.98. The van der Waals surface area contributed by atoms with Crippen LogP contribution in [0.15, 0.2) is 18.2 Å². The molecule has 2 unspecified atom stereocenters. The molecule has 2 nitrogen and oxygen atoms in total. The minimum atomic E-state index is -0.600. The molecule has 0 heterocycles. The number of hydrogen-bond donors (Lipinski definition) is 2. The summed E-state index contributed by atoms with van der Waals surface area (Å²) in [5.74, 6) is 0. The first-order valence-electron chi connectivity index (χ1n) is 8.09. The predicted octanol–water partition coefficient (Wildman–Crippen LogP) is 3.77. The van der Waals surface area contributed by atoms with Gasteiger partial charge in [-0.3, -0.25) is 0 Å². The Hall–Kier alpha value is -0.860. The number of benzene rings is 1. The van der Waals surface area contributed by atoms with Crippen LogP contribution in [0.25, 0.3) is 0 Å². The van der Waals surface area contributed by atoms with Gasteiger partial charge in [-0.1, -0.05) is 31.5 Å². The van der Waals surface area contributed by atoms with E-state index in [1.54, 1.807) is 0 Å². The number of aryl methyl sites for hydroxylation is 2. The van der Waals surface area contributed by atoms with Crippen molar-refractivity contribution in [2.45, 2.75) is 70.9 Å². The van der Waals surface area contributed by atoms with Crippen molar-refractivity contribution in [3.05, 3.63) is 34.9 Å². The van der Waals surface area contributed by atoms with E-state index in [2.05, 4.69) is 37.4 Å². The third kappa shape index (κ3) is 4.07. The molecule has 0 radical (unpaired) electrons. The van der Waals surface area contributed by atoms with Gasteiger partial charge in [-0.2, -0.15) is 0 Å². The predicted molar refractivity (Wildman–Crippen MR) is 85.0 cm³/mol. The zero-order valence-corrected chi connectivity index (χ0v) is 13.2. The highest BCUT2D eigenvalue weighted by Crippen LogP contribution is 2.25. The molecule has 0 aromatic heterocycles. The molecule has 1 aromatic rings. The van der Waals surface area contributed by atoms with Gasteiger partial charge in [0.25, 0.3) is 0 Å². The van der Waals surface area contributed by atoms with Crippen LogP contribution in [0.5, 0.6) is 0 Å². The van der Waals surface area contributed by atoms with Crippen molar-refractivity contribution >= 4 is 0 Å². The Morgan fingerprint density at radius 1 is 1.25 bits per heavy atom. The number of hydrogen-bond acceptors (Lipinski definition) is 2. The quantitative estimate of drug-likeness (QED) is 0.828. The summed E-state index contributed by atoms with van der Waals surface area (Å²) in [6, 6.07) is 7.20. The molecule has 20 heavy (non-hydrogen) atoms. The van der Waals surface area contributed by atoms with E-state index < -0.39 is 5.60 Å². The molecule has 0 bridgehead atoms. The van der Waals surface area contributed by atoms with Crippen molar-refractivity contribution in [1.82, 2.24) is 5.32 Å². The number of aliphatic hydroxyl groups is 1. The van der Waals surface area contributed by atoms with Crippen molar-refractivity contribution in [1.29, 1.82) is 0 Å². The van der Waals surface area contributed by atoms with Crippen LogP contribution in [-0.4, -0.2) is 17.3 Å². The zero-order chi connectivity index (χ0) is 14.6. The summed E-state index contributed by atoms with van der Waals surface area (Å²) in [4.78, 5) is 0. The van der Waals surface area contributed by atoms with E-state index in [1.165, 1.54) is 42.4 Å². The fourth-order valence-corrected chi connectivity index (χ4v) is 3.14. The van der Waals surface area contributed by atoms with Gasteiger partial charge in [0.1, 0.15) is 0 Å². The monoisotopic (exact) mass is 275 g/mol. The standard InChI is InChI=1S/C18H29NO/c1-4-11-18(3,20)13-19-14(2)16-10-9-15-7-5-6-8-17(15)12-16/h9-10,12,14,19-20H,4-8,11,13H2,1-3H3. The second-order valence-electron chi connectivity index (χ2n) is 6.58. The number of fused-ring (bicyclic) bond motifs is 1. The fourth-order valence-electron chi connectivity index (χ4n) is 3.14. The van der Waals surface area contributed by atoms with Gasteiger partial charge in [0.15, 0.2) is 0 Å². The third-order valence-electron chi connectivity index (χ3n) is 4.45. The Kier molecular flexibility index (Phi) is 5.22. The van der Waals surface area contributed by atoms with Gasteiger partial charge in [-0.25, -0.2) is 0 Å². The maximum atomic E-state index is 10.2. The van der Waals surface area contributed by atoms with Crippen molar-refractivity contribution in [3.8, 4) is 0 Å². The minimum absolute atomic E-state index is 0.297. The Morgan fingerprint density at radius 2 is 1.95 bits per heavy atom. The molecule has 2 N–H and O–H groups in total. The van der Waals surface area contributed by atoms with Crippen molar-refractivity contribution in [2.75, 3.05) is 6.54 Å². The van der Waals surface area contributed by atoms with Crippen LogP contribution >= 0.6 is 0 Å². The summed E-state index contributed by atoms with van der Waals surface area (Å²) >= 11 is 0. The lowest BCUT2D eigenvalue weighted by molar-refractivity contribution is 0.0476. The molecule has 0 amide bonds. The third-order valence-corrected chi connectivity index (χ3v) is 4.45. The molecule has 1 aliphatic rings. The van der Waals surface area contributed by atoms with E-state index in [0.29, 0.717) is 12.6 Å². The maximum Gasteiger partial charge on any atom is 0.0743 e. The maximum absolute atomic E-state index is 10.2. The summed E-state index contributed by atoms with van der Waals surface area (Å²) < 4.78 is 0. The average Bonchev–Trinajstić information content (AvgIpc) is 2.44. The zero-order valence-electron chi connectivity index (χ0n) is 13.2. The molecule has 2 atom stereocenters. The number of nitrogens with one attached hydrogen (secondary N) is 1. The number of rotatable bonds is 6. The van der Waals surface area contributed by atoms with Gasteiger partial charge in [-0.15, -0.1) is 0 Å². The van der Waals surface area contributed by atoms with E-state index in [1.807, 2.05) is 6.92 Å². The lowest BCUT2D eigenvalue weighted by Gasteiger charge is -2.26. The van der Waals surface area contributed by atoms with Gasteiger partial charge >= 0.3 is 0 Å². The highest BCUT2D eigenvalue weighted by molar-refractivity contribution is 5.35. The molecule has 0 saturated heterocycles. The van der Waals surface area contributed by atoms with Crippen LogP contribution in [0.2, 0.25) is 0 Å². The second-order valence-corrected chi connectivity index (χ2v) is 6.58. The van der Waals surface area contributed by atoms with E-state index in [0.717, 1.165) is 12.8 Å². The van der Waals surface area contributed by atoms with Crippen LogP contribution in [0.3, 0.4) is 0 Å². The molecule has 1 aromatic carbocycles. The second kappa shape index (κ2) is 6.73. The van der Waals surface area contributed by atoms with Gasteiger partial charge in [-0.05, 0) is 62.6 Å². The molecular formula is C18H29NO. The Labute approximate surface area is 123 Å². The molecule has 1 aliphatic carbocycles. The molecule has 0 saturated carbocycles. The largest absolute Gasteiger partial charge is 0.389 e. The Bertz CT molecular complexity index is 439. The first-order chi connectivity index (χ1) is 9.52. The van der Waals surface area contributed by atoms with Crippen LogP contribution in [-0.2, 0) is 12.8 Å². The molecule has 112 valence electrons. The summed E-state index contributed by atoms with van der Waals surface area (Å²) in [7, 11) is 0. The topological polar surface area (TPSA) is 32.3 Å².